The molecule has 0 bridgehead atoms. The first kappa shape index (κ1) is 12.6. The van der Waals surface area contributed by atoms with Crippen LogP contribution >= 0.6 is 0 Å². The summed E-state index contributed by atoms with van der Waals surface area (Å²) in [5.74, 6) is -1.36. The van der Waals surface area contributed by atoms with Gasteiger partial charge in [0.15, 0.2) is 0 Å². The molecule has 6 nitrogen and oxygen atoms in total. The monoisotopic (exact) mass is 252 g/mol. The van der Waals surface area contributed by atoms with Crippen molar-refractivity contribution < 1.29 is 19.1 Å². The number of carboxylic acid groups (broad SMARTS) is 1. The van der Waals surface area contributed by atoms with E-state index in [9.17, 15) is 9.59 Å². The summed E-state index contributed by atoms with van der Waals surface area (Å²) in [6.07, 6.45) is 2.85. The zero-order valence-corrected chi connectivity index (χ0v) is 9.96. The number of amides is 1. The van der Waals surface area contributed by atoms with Crippen LogP contribution in [0.2, 0.25) is 0 Å². The van der Waals surface area contributed by atoms with Gasteiger partial charge in [0.2, 0.25) is 11.7 Å². The van der Waals surface area contributed by atoms with Crippen LogP contribution in [-0.4, -0.2) is 35.0 Å². The molecule has 98 valence electrons. The van der Waals surface area contributed by atoms with Gasteiger partial charge in [0.1, 0.15) is 0 Å². The first-order valence-corrected chi connectivity index (χ1v) is 5.89. The van der Waals surface area contributed by atoms with Crippen LogP contribution < -0.4 is 5.73 Å². The Morgan fingerprint density at radius 2 is 2.11 bits per heavy atom. The second kappa shape index (κ2) is 5.22. The minimum Gasteiger partial charge on any atom is -0.475 e. The molecule has 1 aliphatic rings. The number of carbonyl (C=O) groups is 2. The number of furan rings is 1. The Labute approximate surface area is 104 Å². The predicted molar refractivity (Wildman–Crippen MR) is 62.9 cm³/mol. The highest BCUT2D eigenvalue weighted by Crippen LogP contribution is 2.20. The molecule has 0 aromatic carbocycles. The fourth-order valence-electron chi connectivity index (χ4n) is 2.26. The lowest BCUT2D eigenvalue weighted by molar-refractivity contribution is -0.123. The Hall–Kier alpha value is -1.82. The van der Waals surface area contributed by atoms with Crippen LogP contribution in [0.15, 0.2) is 16.7 Å². The quantitative estimate of drug-likeness (QED) is 0.821. The fourth-order valence-corrected chi connectivity index (χ4v) is 2.26. The molecule has 1 aromatic heterocycles. The molecule has 0 unspecified atom stereocenters. The summed E-state index contributed by atoms with van der Waals surface area (Å²) in [4.78, 5) is 24.0. The molecule has 0 atom stereocenters. The maximum Gasteiger partial charge on any atom is 0.372 e. The van der Waals surface area contributed by atoms with Gasteiger partial charge in [0.05, 0.1) is 6.26 Å². The maximum absolute atomic E-state index is 11.0. The first-order valence-electron chi connectivity index (χ1n) is 5.89. The number of rotatable bonds is 4. The number of hydrogen-bond donors (Lipinski definition) is 2. The standard InChI is InChI=1S/C12H16N2O4/c13-11(15)8-1-4-14(5-2-8)7-9-3-6-18-10(9)12(16)17/h3,6,8H,1-2,4-5,7H2,(H2,13,15)(H,16,17). The zero-order chi connectivity index (χ0) is 13.1. The SMILES string of the molecule is NC(=O)C1CCN(Cc2ccoc2C(=O)O)CC1. The van der Waals surface area contributed by atoms with Gasteiger partial charge in [-0.3, -0.25) is 9.69 Å². The van der Waals surface area contributed by atoms with Gasteiger partial charge in [-0.25, -0.2) is 4.79 Å². The fraction of sp³-hybridized carbons (Fsp3) is 0.500. The van der Waals surface area contributed by atoms with Gasteiger partial charge in [-0.05, 0) is 32.0 Å². The van der Waals surface area contributed by atoms with Gasteiger partial charge in [-0.2, -0.15) is 0 Å². The third kappa shape index (κ3) is 2.70. The van der Waals surface area contributed by atoms with E-state index in [-0.39, 0.29) is 17.6 Å². The second-order valence-corrected chi connectivity index (χ2v) is 4.53. The van der Waals surface area contributed by atoms with Crippen LogP contribution in [0.5, 0.6) is 0 Å². The highest BCUT2D eigenvalue weighted by atomic mass is 16.4. The van der Waals surface area contributed by atoms with E-state index >= 15 is 0 Å². The average Bonchev–Trinajstić information content (AvgIpc) is 2.78. The molecule has 6 heteroatoms. The number of hydrogen-bond acceptors (Lipinski definition) is 4. The van der Waals surface area contributed by atoms with E-state index in [1.165, 1.54) is 6.26 Å². The molecule has 1 saturated heterocycles. The van der Waals surface area contributed by atoms with E-state index in [0.29, 0.717) is 12.1 Å². The molecule has 0 saturated carbocycles. The lowest BCUT2D eigenvalue weighted by Crippen LogP contribution is -2.38. The third-order valence-electron chi connectivity index (χ3n) is 3.32. The molecule has 0 spiro atoms. The van der Waals surface area contributed by atoms with E-state index in [4.69, 9.17) is 15.3 Å². The second-order valence-electron chi connectivity index (χ2n) is 4.53. The molecular formula is C12H16N2O4. The molecule has 1 fully saturated rings. The van der Waals surface area contributed by atoms with Crippen molar-refractivity contribution >= 4 is 11.9 Å². The Bertz CT molecular complexity index is 447. The van der Waals surface area contributed by atoms with Crippen molar-refractivity contribution in [1.82, 2.24) is 4.90 Å². The summed E-state index contributed by atoms with van der Waals surface area (Å²) in [6.45, 7) is 2.03. The Kier molecular flexibility index (Phi) is 3.66. The minimum absolute atomic E-state index is 0.00738. The molecule has 1 aromatic rings. The molecule has 2 rings (SSSR count). The number of nitrogens with zero attached hydrogens (tertiary/aromatic N) is 1. The summed E-state index contributed by atoms with van der Waals surface area (Å²) in [5, 5.41) is 8.93. The van der Waals surface area contributed by atoms with E-state index in [1.54, 1.807) is 6.07 Å². The molecule has 18 heavy (non-hydrogen) atoms. The van der Waals surface area contributed by atoms with Crippen LogP contribution in [0.4, 0.5) is 0 Å². The van der Waals surface area contributed by atoms with Gasteiger partial charge in [-0.1, -0.05) is 0 Å². The lowest BCUT2D eigenvalue weighted by Gasteiger charge is -2.30. The normalized spacial score (nSPS) is 17.8. The molecular weight excluding hydrogens is 236 g/mol. The smallest absolute Gasteiger partial charge is 0.372 e. The number of aromatic carboxylic acids is 1. The molecule has 3 N–H and O–H groups in total. The highest BCUT2D eigenvalue weighted by Gasteiger charge is 2.24. The molecule has 1 amide bonds. The van der Waals surface area contributed by atoms with Crippen LogP contribution in [0.25, 0.3) is 0 Å². The van der Waals surface area contributed by atoms with Crippen LogP contribution in [0.1, 0.15) is 29.0 Å². The first-order chi connectivity index (χ1) is 8.58. The van der Waals surface area contributed by atoms with Crippen molar-refractivity contribution in [3.05, 3.63) is 23.7 Å². The van der Waals surface area contributed by atoms with E-state index in [2.05, 4.69) is 4.90 Å². The van der Waals surface area contributed by atoms with E-state index in [0.717, 1.165) is 25.9 Å². The van der Waals surface area contributed by atoms with Crippen molar-refractivity contribution in [2.45, 2.75) is 19.4 Å². The lowest BCUT2D eigenvalue weighted by atomic mass is 9.96. The largest absolute Gasteiger partial charge is 0.475 e. The van der Waals surface area contributed by atoms with Crippen molar-refractivity contribution in [3.63, 3.8) is 0 Å². The van der Waals surface area contributed by atoms with Gasteiger partial charge in [0.25, 0.3) is 0 Å². The zero-order valence-electron chi connectivity index (χ0n) is 9.96. The summed E-state index contributed by atoms with van der Waals surface area (Å²) in [7, 11) is 0. The summed E-state index contributed by atoms with van der Waals surface area (Å²) in [5.41, 5.74) is 5.93. The number of carboxylic acids is 1. The van der Waals surface area contributed by atoms with E-state index < -0.39 is 5.97 Å². The number of likely N-dealkylation sites (tertiary alicyclic amines) is 1. The van der Waals surface area contributed by atoms with E-state index in [1.807, 2.05) is 0 Å². The predicted octanol–water partition coefficient (Wildman–Crippen LogP) is 0.675. The Balaban J connectivity index is 1.93. The average molecular weight is 252 g/mol. The van der Waals surface area contributed by atoms with Crippen molar-refractivity contribution in [2.24, 2.45) is 11.7 Å². The Morgan fingerprint density at radius 3 is 2.67 bits per heavy atom. The highest BCUT2D eigenvalue weighted by molar-refractivity contribution is 5.86. The van der Waals surface area contributed by atoms with Crippen molar-refractivity contribution in [3.8, 4) is 0 Å². The molecule has 1 aliphatic heterocycles. The number of carbonyl (C=O) groups excluding carboxylic acids is 1. The number of nitrogens with two attached hydrogens (primary N) is 1. The number of primary amides is 1. The minimum atomic E-state index is -1.05. The molecule has 0 radical (unpaired) electrons. The number of piperidine rings is 1. The van der Waals surface area contributed by atoms with Crippen molar-refractivity contribution in [2.75, 3.05) is 13.1 Å². The molecule has 0 aliphatic carbocycles. The third-order valence-corrected chi connectivity index (χ3v) is 3.32. The summed E-state index contributed by atoms with van der Waals surface area (Å²) in [6, 6.07) is 1.67. The van der Waals surface area contributed by atoms with Crippen LogP contribution in [0.3, 0.4) is 0 Å². The summed E-state index contributed by atoms with van der Waals surface area (Å²) < 4.78 is 4.93. The summed E-state index contributed by atoms with van der Waals surface area (Å²) >= 11 is 0. The van der Waals surface area contributed by atoms with Gasteiger partial charge in [0, 0.05) is 18.0 Å². The molecule has 2 heterocycles. The maximum atomic E-state index is 11.0. The van der Waals surface area contributed by atoms with Gasteiger partial charge in [-0.15, -0.1) is 0 Å². The van der Waals surface area contributed by atoms with Crippen LogP contribution in [-0.2, 0) is 11.3 Å². The Morgan fingerprint density at radius 1 is 1.44 bits per heavy atom. The van der Waals surface area contributed by atoms with Crippen molar-refractivity contribution in [1.29, 1.82) is 0 Å². The van der Waals surface area contributed by atoms with Crippen LogP contribution in [0, 0.1) is 5.92 Å². The van der Waals surface area contributed by atoms with Gasteiger partial charge >= 0.3 is 5.97 Å². The van der Waals surface area contributed by atoms with Gasteiger partial charge < -0.3 is 15.3 Å². The topological polar surface area (TPSA) is 96.8 Å².